The molecule has 92 valence electrons. The average molecular weight is 221 g/mol. The Morgan fingerprint density at radius 2 is 2.00 bits per heavy atom. The molecule has 0 aromatic rings. The molecule has 1 saturated carbocycles. The van der Waals surface area contributed by atoms with Gasteiger partial charge in [0.1, 0.15) is 0 Å². The number of hydrogen-bond acceptors (Lipinski definition) is 1. The Bertz CT molecular complexity index is 218. The van der Waals surface area contributed by atoms with Crippen molar-refractivity contribution in [3.05, 3.63) is 0 Å². The van der Waals surface area contributed by atoms with E-state index in [1.54, 1.807) is 0 Å². The maximum absolute atomic E-state index is 5.25. The first kappa shape index (κ1) is 13.6. The molecule has 0 aromatic carbocycles. The molecule has 1 fully saturated rings. The third-order valence-corrected chi connectivity index (χ3v) is 3.68. The van der Waals surface area contributed by atoms with E-state index in [0.29, 0.717) is 5.41 Å². The third kappa shape index (κ3) is 4.58. The van der Waals surface area contributed by atoms with Gasteiger partial charge in [0.05, 0.1) is 0 Å². The minimum Gasteiger partial charge on any atom is -0.316 e. The Kier molecular flexibility index (Phi) is 5.91. The first-order valence-corrected chi connectivity index (χ1v) is 6.83. The SMILES string of the molecule is C#CCCCNCC1(CC(C)C)CCCC1. The van der Waals surface area contributed by atoms with Crippen LogP contribution in [-0.4, -0.2) is 13.1 Å². The largest absolute Gasteiger partial charge is 0.316 e. The fourth-order valence-corrected chi connectivity index (χ4v) is 3.11. The highest BCUT2D eigenvalue weighted by Crippen LogP contribution is 2.42. The minimum atomic E-state index is 0.601. The lowest BCUT2D eigenvalue weighted by molar-refractivity contribution is 0.224. The van der Waals surface area contributed by atoms with Crippen LogP contribution in [0.2, 0.25) is 0 Å². The fourth-order valence-electron chi connectivity index (χ4n) is 3.11. The zero-order valence-electron chi connectivity index (χ0n) is 11.0. The molecule has 1 nitrogen and oxygen atoms in total. The van der Waals surface area contributed by atoms with Crippen LogP contribution >= 0.6 is 0 Å². The fraction of sp³-hybridized carbons (Fsp3) is 0.867. The molecule has 0 aromatic heterocycles. The van der Waals surface area contributed by atoms with E-state index in [1.807, 2.05) is 0 Å². The van der Waals surface area contributed by atoms with E-state index in [9.17, 15) is 0 Å². The van der Waals surface area contributed by atoms with Crippen molar-refractivity contribution in [2.24, 2.45) is 11.3 Å². The molecule has 0 bridgehead atoms. The van der Waals surface area contributed by atoms with Crippen LogP contribution in [0.15, 0.2) is 0 Å². The van der Waals surface area contributed by atoms with E-state index >= 15 is 0 Å². The summed E-state index contributed by atoms with van der Waals surface area (Å²) in [5.41, 5.74) is 0.601. The number of hydrogen-bond donors (Lipinski definition) is 1. The summed E-state index contributed by atoms with van der Waals surface area (Å²) < 4.78 is 0. The molecule has 1 heteroatoms. The van der Waals surface area contributed by atoms with Gasteiger partial charge in [-0.1, -0.05) is 26.7 Å². The van der Waals surface area contributed by atoms with Gasteiger partial charge in [-0.3, -0.25) is 0 Å². The zero-order valence-corrected chi connectivity index (χ0v) is 11.0. The van der Waals surface area contributed by atoms with Crippen molar-refractivity contribution >= 4 is 0 Å². The summed E-state index contributed by atoms with van der Waals surface area (Å²) in [7, 11) is 0. The Hall–Kier alpha value is -0.480. The molecule has 0 spiro atoms. The first-order chi connectivity index (χ1) is 7.68. The summed E-state index contributed by atoms with van der Waals surface area (Å²) in [5.74, 6) is 3.52. The van der Waals surface area contributed by atoms with Gasteiger partial charge in [0.15, 0.2) is 0 Å². The molecule has 0 atom stereocenters. The Morgan fingerprint density at radius 3 is 2.56 bits per heavy atom. The molecule has 0 amide bonds. The van der Waals surface area contributed by atoms with E-state index in [0.717, 1.165) is 25.3 Å². The summed E-state index contributed by atoms with van der Waals surface area (Å²) >= 11 is 0. The van der Waals surface area contributed by atoms with Crippen LogP contribution in [0, 0.1) is 23.7 Å². The van der Waals surface area contributed by atoms with Crippen molar-refractivity contribution in [3.8, 4) is 12.3 Å². The normalized spacial score (nSPS) is 18.9. The van der Waals surface area contributed by atoms with Gasteiger partial charge in [-0.05, 0) is 43.6 Å². The van der Waals surface area contributed by atoms with Crippen LogP contribution in [0.3, 0.4) is 0 Å². The predicted octanol–water partition coefficient (Wildman–Crippen LogP) is 3.60. The highest BCUT2D eigenvalue weighted by molar-refractivity contribution is 4.88. The van der Waals surface area contributed by atoms with Crippen molar-refractivity contribution < 1.29 is 0 Å². The van der Waals surface area contributed by atoms with E-state index in [4.69, 9.17) is 6.42 Å². The van der Waals surface area contributed by atoms with E-state index < -0.39 is 0 Å². The molecule has 1 aliphatic carbocycles. The monoisotopic (exact) mass is 221 g/mol. The predicted molar refractivity (Wildman–Crippen MR) is 71.3 cm³/mol. The molecule has 0 heterocycles. The van der Waals surface area contributed by atoms with Crippen molar-refractivity contribution in [1.29, 1.82) is 0 Å². The van der Waals surface area contributed by atoms with Gasteiger partial charge in [0, 0.05) is 13.0 Å². The van der Waals surface area contributed by atoms with Crippen LogP contribution in [-0.2, 0) is 0 Å². The first-order valence-electron chi connectivity index (χ1n) is 6.83. The second kappa shape index (κ2) is 6.97. The summed E-state index contributed by atoms with van der Waals surface area (Å²) in [4.78, 5) is 0. The molecule has 1 aliphatic rings. The van der Waals surface area contributed by atoms with Crippen LogP contribution in [0.1, 0.15) is 58.8 Å². The van der Waals surface area contributed by atoms with Crippen LogP contribution in [0.5, 0.6) is 0 Å². The maximum Gasteiger partial charge on any atom is 0.00981 e. The molecule has 0 unspecified atom stereocenters. The second-order valence-electron chi connectivity index (χ2n) is 5.79. The lowest BCUT2D eigenvalue weighted by atomic mass is 9.78. The van der Waals surface area contributed by atoms with Crippen LogP contribution in [0.25, 0.3) is 0 Å². The summed E-state index contributed by atoms with van der Waals surface area (Å²) in [5, 5.41) is 3.61. The lowest BCUT2D eigenvalue weighted by Crippen LogP contribution is -2.33. The van der Waals surface area contributed by atoms with Crippen molar-refractivity contribution in [2.75, 3.05) is 13.1 Å². The molecule has 0 radical (unpaired) electrons. The number of nitrogens with one attached hydrogen (secondary N) is 1. The van der Waals surface area contributed by atoms with Crippen LogP contribution in [0.4, 0.5) is 0 Å². The molecular formula is C15H27N. The lowest BCUT2D eigenvalue weighted by Gasteiger charge is -2.31. The number of unbranched alkanes of at least 4 members (excludes halogenated alkanes) is 1. The van der Waals surface area contributed by atoms with E-state index in [1.165, 1.54) is 38.6 Å². The second-order valence-corrected chi connectivity index (χ2v) is 5.79. The Labute approximate surface area is 101 Å². The van der Waals surface area contributed by atoms with Crippen molar-refractivity contribution in [3.63, 3.8) is 0 Å². The highest BCUT2D eigenvalue weighted by Gasteiger charge is 2.33. The van der Waals surface area contributed by atoms with E-state index in [-0.39, 0.29) is 0 Å². The third-order valence-electron chi connectivity index (χ3n) is 3.68. The van der Waals surface area contributed by atoms with Gasteiger partial charge in [-0.2, -0.15) is 0 Å². The molecule has 0 saturated heterocycles. The highest BCUT2D eigenvalue weighted by atomic mass is 14.9. The quantitative estimate of drug-likeness (QED) is 0.511. The van der Waals surface area contributed by atoms with Gasteiger partial charge in [-0.25, -0.2) is 0 Å². The average Bonchev–Trinajstić information content (AvgIpc) is 2.65. The topological polar surface area (TPSA) is 12.0 Å². The Morgan fingerprint density at radius 1 is 1.31 bits per heavy atom. The van der Waals surface area contributed by atoms with Gasteiger partial charge in [-0.15, -0.1) is 12.3 Å². The Balaban J connectivity index is 2.26. The van der Waals surface area contributed by atoms with Gasteiger partial charge in [0.2, 0.25) is 0 Å². The number of terminal acetylenes is 1. The molecule has 16 heavy (non-hydrogen) atoms. The maximum atomic E-state index is 5.25. The summed E-state index contributed by atoms with van der Waals surface area (Å²) in [6, 6.07) is 0. The van der Waals surface area contributed by atoms with E-state index in [2.05, 4.69) is 25.1 Å². The minimum absolute atomic E-state index is 0.601. The standard InChI is InChI=1S/C15H27N/c1-4-5-8-11-16-13-15(12-14(2)3)9-6-7-10-15/h1,14,16H,5-13H2,2-3H3. The van der Waals surface area contributed by atoms with Crippen LogP contribution < -0.4 is 5.32 Å². The van der Waals surface area contributed by atoms with Crippen molar-refractivity contribution in [2.45, 2.75) is 58.8 Å². The van der Waals surface area contributed by atoms with Gasteiger partial charge >= 0.3 is 0 Å². The van der Waals surface area contributed by atoms with Crippen molar-refractivity contribution in [1.82, 2.24) is 5.32 Å². The van der Waals surface area contributed by atoms with Gasteiger partial charge in [0.25, 0.3) is 0 Å². The number of rotatable bonds is 7. The summed E-state index contributed by atoms with van der Waals surface area (Å²) in [6.07, 6.45) is 14.4. The zero-order chi connectivity index (χ0) is 11.9. The smallest absolute Gasteiger partial charge is 0.00981 e. The molecule has 1 N–H and O–H groups in total. The molecule has 0 aliphatic heterocycles. The molecular weight excluding hydrogens is 194 g/mol. The molecule has 1 rings (SSSR count). The summed E-state index contributed by atoms with van der Waals surface area (Å²) in [6.45, 7) is 6.98. The van der Waals surface area contributed by atoms with Gasteiger partial charge < -0.3 is 5.32 Å².